The molecule has 4 aromatic rings. The van der Waals surface area contributed by atoms with E-state index < -0.39 is 12.0 Å². The Balaban J connectivity index is 1.46. The average molecular weight is 425 g/mol. The van der Waals surface area contributed by atoms with E-state index >= 15 is 0 Å². The summed E-state index contributed by atoms with van der Waals surface area (Å²) in [7, 11) is 0. The first-order chi connectivity index (χ1) is 15.7. The predicted molar refractivity (Wildman–Crippen MR) is 129 cm³/mol. The number of aliphatic carboxylic acids is 1. The highest BCUT2D eigenvalue weighted by Crippen LogP contribution is 2.39. The average Bonchev–Trinajstić information content (AvgIpc) is 3.21. The number of aromatic nitrogens is 1. The highest BCUT2D eigenvalue weighted by atomic mass is 16.4. The Morgan fingerprint density at radius 3 is 2.22 bits per heavy atom. The number of likely N-dealkylation sites (tertiary alicyclic amines) is 1. The molecule has 0 bridgehead atoms. The number of hydrogen-bond donors (Lipinski definition) is 2. The van der Waals surface area contributed by atoms with Gasteiger partial charge >= 0.3 is 5.97 Å². The van der Waals surface area contributed by atoms with Crippen molar-refractivity contribution < 1.29 is 9.90 Å². The van der Waals surface area contributed by atoms with Crippen molar-refractivity contribution >= 4 is 16.9 Å². The Morgan fingerprint density at radius 1 is 0.906 bits per heavy atom. The number of carbonyl (C=O) groups is 1. The van der Waals surface area contributed by atoms with Gasteiger partial charge in [-0.3, -0.25) is 9.69 Å². The van der Waals surface area contributed by atoms with E-state index in [1.54, 1.807) is 0 Å². The molecule has 1 fully saturated rings. The lowest BCUT2D eigenvalue weighted by molar-refractivity contribution is -0.144. The Kier molecular flexibility index (Phi) is 5.78. The third kappa shape index (κ3) is 4.06. The van der Waals surface area contributed by atoms with E-state index in [-0.39, 0.29) is 0 Å². The zero-order valence-corrected chi connectivity index (χ0v) is 18.1. The molecule has 0 spiro atoms. The van der Waals surface area contributed by atoms with Crippen molar-refractivity contribution in [2.75, 3.05) is 13.1 Å². The maximum atomic E-state index is 12.6. The summed E-state index contributed by atoms with van der Waals surface area (Å²) in [6.45, 7) is 1.59. The standard InChI is InChI=1S/C28H28N2O2/c31-28(32)27(30-17-15-21(16-18-30)19-20-9-3-1-4-10-20)25-23-13-7-8-14-24(23)29-26(25)22-11-5-2-6-12-22/h1-14,21,27,29H,15-19H2,(H,31,32)/t27-/m0/s1. The number of rotatable bonds is 6. The summed E-state index contributed by atoms with van der Waals surface area (Å²) in [5, 5.41) is 11.4. The maximum Gasteiger partial charge on any atom is 0.325 e. The van der Waals surface area contributed by atoms with E-state index in [1.807, 2.05) is 54.6 Å². The van der Waals surface area contributed by atoms with Crippen LogP contribution in [0.3, 0.4) is 0 Å². The molecule has 2 N–H and O–H groups in total. The summed E-state index contributed by atoms with van der Waals surface area (Å²) in [5.41, 5.74) is 5.14. The second-order valence-corrected chi connectivity index (χ2v) is 8.74. The number of fused-ring (bicyclic) bond motifs is 1. The van der Waals surface area contributed by atoms with E-state index in [9.17, 15) is 9.90 Å². The van der Waals surface area contributed by atoms with E-state index in [0.717, 1.165) is 60.1 Å². The van der Waals surface area contributed by atoms with Gasteiger partial charge in [0, 0.05) is 16.5 Å². The van der Waals surface area contributed by atoms with Gasteiger partial charge in [0.1, 0.15) is 6.04 Å². The maximum absolute atomic E-state index is 12.6. The minimum atomic E-state index is -0.784. The number of benzene rings is 3. The van der Waals surface area contributed by atoms with Gasteiger partial charge in [-0.1, -0.05) is 78.9 Å². The molecule has 162 valence electrons. The molecule has 1 saturated heterocycles. The SMILES string of the molecule is O=C(O)[C@H](c1c(-c2ccccc2)[nH]c2ccccc12)N1CCC(Cc2ccccc2)CC1. The summed E-state index contributed by atoms with van der Waals surface area (Å²) < 4.78 is 0. The van der Waals surface area contributed by atoms with Gasteiger partial charge in [-0.05, 0) is 55.5 Å². The topological polar surface area (TPSA) is 56.3 Å². The molecule has 4 heteroatoms. The van der Waals surface area contributed by atoms with Gasteiger partial charge in [0.2, 0.25) is 0 Å². The Labute approximate surface area is 188 Å². The predicted octanol–water partition coefficient (Wildman–Crippen LogP) is 5.92. The van der Waals surface area contributed by atoms with Crippen molar-refractivity contribution in [1.82, 2.24) is 9.88 Å². The summed E-state index contributed by atoms with van der Waals surface area (Å²) in [6, 6.07) is 28.0. The van der Waals surface area contributed by atoms with Gasteiger partial charge in [0.15, 0.2) is 0 Å². The fraction of sp³-hybridized carbons (Fsp3) is 0.250. The van der Waals surface area contributed by atoms with Gasteiger partial charge in [0.05, 0.1) is 5.69 Å². The van der Waals surface area contributed by atoms with Crippen LogP contribution in [-0.4, -0.2) is 34.0 Å². The molecule has 0 amide bonds. The number of H-pyrrole nitrogens is 1. The van der Waals surface area contributed by atoms with Crippen molar-refractivity contribution in [3.63, 3.8) is 0 Å². The van der Waals surface area contributed by atoms with Crippen molar-refractivity contribution in [2.24, 2.45) is 5.92 Å². The Bertz CT molecular complexity index is 1190. The molecule has 0 aliphatic carbocycles. The van der Waals surface area contributed by atoms with E-state index in [0.29, 0.717) is 5.92 Å². The van der Waals surface area contributed by atoms with Gasteiger partial charge < -0.3 is 10.1 Å². The molecule has 0 saturated carbocycles. The minimum Gasteiger partial charge on any atom is -0.480 e. The number of carboxylic acids is 1. The first kappa shape index (κ1) is 20.5. The van der Waals surface area contributed by atoms with Crippen LogP contribution in [0.2, 0.25) is 0 Å². The van der Waals surface area contributed by atoms with Crippen LogP contribution in [0, 0.1) is 5.92 Å². The Hall–Kier alpha value is -3.37. The summed E-state index contributed by atoms with van der Waals surface area (Å²) in [6.07, 6.45) is 3.10. The minimum absolute atomic E-state index is 0.597. The fourth-order valence-corrected chi connectivity index (χ4v) is 5.11. The number of aromatic amines is 1. The van der Waals surface area contributed by atoms with E-state index in [4.69, 9.17) is 0 Å². The van der Waals surface area contributed by atoms with Gasteiger partial charge in [0.25, 0.3) is 0 Å². The first-order valence-corrected chi connectivity index (χ1v) is 11.4. The van der Waals surface area contributed by atoms with Gasteiger partial charge in [-0.25, -0.2) is 0 Å². The van der Waals surface area contributed by atoms with Crippen LogP contribution in [0.15, 0.2) is 84.9 Å². The zero-order chi connectivity index (χ0) is 21.9. The number of piperidine rings is 1. The monoisotopic (exact) mass is 424 g/mol. The van der Waals surface area contributed by atoms with Crippen molar-refractivity contribution in [2.45, 2.75) is 25.3 Å². The molecule has 4 nitrogen and oxygen atoms in total. The highest BCUT2D eigenvalue weighted by molar-refractivity contribution is 5.95. The Morgan fingerprint density at radius 2 is 1.53 bits per heavy atom. The molecule has 5 rings (SSSR count). The van der Waals surface area contributed by atoms with Crippen LogP contribution in [0.25, 0.3) is 22.2 Å². The van der Waals surface area contributed by atoms with Crippen molar-refractivity contribution in [3.05, 3.63) is 96.1 Å². The van der Waals surface area contributed by atoms with Crippen LogP contribution in [0.5, 0.6) is 0 Å². The lowest BCUT2D eigenvalue weighted by atomic mass is 9.88. The van der Waals surface area contributed by atoms with Crippen molar-refractivity contribution in [1.29, 1.82) is 0 Å². The summed E-state index contributed by atoms with van der Waals surface area (Å²) in [5.74, 6) is -0.187. The highest BCUT2D eigenvalue weighted by Gasteiger charge is 2.34. The number of nitrogens with zero attached hydrogens (tertiary/aromatic N) is 1. The van der Waals surface area contributed by atoms with Crippen molar-refractivity contribution in [3.8, 4) is 11.3 Å². The number of para-hydroxylation sites is 1. The lowest BCUT2D eigenvalue weighted by Gasteiger charge is -2.36. The quantitative estimate of drug-likeness (QED) is 0.404. The molecular formula is C28H28N2O2. The number of carboxylic acid groups (broad SMARTS) is 1. The molecule has 2 heterocycles. The fourth-order valence-electron chi connectivity index (χ4n) is 5.11. The van der Waals surface area contributed by atoms with Crippen LogP contribution < -0.4 is 0 Å². The smallest absolute Gasteiger partial charge is 0.325 e. The summed E-state index contributed by atoms with van der Waals surface area (Å²) in [4.78, 5) is 18.3. The molecular weight excluding hydrogens is 396 g/mol. The molecule has 1 aromatic heterocycles. The van der Waals surface area contributed by atoms with Crippen LogP contribution in [0.4, 0.5) is 0 Å². The third-order valence-electron chi connectivity index (χ3n) is 6.70. The second-order valence-electron chi connectivity index (χ2n) is 8.74. The molecule has 1 atom stereocenters. The molecule has 1 aliphatic heterocycles. The lowest BCUT2D eigenvalue weighted by Crippen LogP contribution is -2.40. The second kappa shape index (κ2) is 9.01. The van der Waals surface area contributed by atoms with Gasteiger partial charge in [-0.15, -0.1) is 0 Å². The summed E-state index contributed by atoms with van der Waals surface area (Å²) >= 11 is 0. The molecule has 1 aliphatic rings. The molecule has 0 unspecified atom stereocenters. The third-order valence-corrected chi connectivity index (χ3v) is 6.70. The first-order valence-electron chi connectivity index (χ1n) is 11.4. The molecule has 0 radical (unpaired) electrons. The molecule has 32 heavy (non-hydrogen) atoms. The van der Waals surface area contributed by atoms with Crippen LogP contribution >= 0.6 is 0 Å². The van der Waals surface area contributed by atoms with Crippen LogP contribution in [0.1, 0.15) is 30.0 Å². The van der Waals surface area contributed by atoms with Gasteiger partial charge in [-0.2, -0.15) is 0 Å². The molecule has 3 aromatic carbocycles. The van der Waals surface area contributed by atoms with E-state index in [1.165, 1.54) is 5.56 Å². The van der Waals surface area contributed by atoms with E-state index in [2.05, 4.69) is 40.2 Å². The van der Waals surface area contributed by atoms with Crippen LogP contribution in [-0.2, 0) is 11.2 Å². The zero-order valence-electron chi connectivity index (χ0n) is 18.1. The normalized spacial score (nSPS) is 16.2. The number of nitrogens with one attached hydrogen (secondary N) is 1. The number of hydrogen-bond acceptors (Lipinski definition) is 2. The largest absolute Gasteiger partial charge is 0.480 e.